The van der Waals surface area contributed by atoms with Crippen LogP contribution in [-0.4, -0.2) is 48.6 Å². The summed E-state index contributed by atoms with van der Waals surface area (Å²) >= 11 is 1.25. The molecule has 144 valence electrons. The fourth-order valence-corrected chi connectivity index (χ4v) is 4.35. The van der Waals surface area contributed by atoms with Gasteiger partial charge in [0.05, 0.1) is 23.5 Å². The first-order chi connectivity index (χ1) is 13.5. The fourth-order valence-electron chi connectivity index (χ4n) is 3.16. The molecule has 0 spiro atoms. The summed E-state index contributed by atoms with van der Waals surface area (Å²) < 4.78 is 7.71. The molecule has 9 heteroatoms. The number of carboxylic acids is 2. The van der Waals surface area contributed by atoms with Gasteiger partial charge in [-0.3, -0.25) is 9.67 Å². The van der Waals surface area contributed by atoms with Gasteiger partial charge in [0, 0.05) is 29.2 Å². The van der Waals surface area contributed by atoms with Crippen LogP contribution in [0.1, 0.15) is 17.0 Å². The molecule has 8 nitrogen and oxygen atoms in total. The number of benzene rings is 1. The van der Waals surface area contributed by atoms with Gasteiger partial charge in [0.1, 0.15) is 18.1 Å². The maximum absolute atomic E-state index is 11.6. The summed E-state index contributed by atoms with van der Waals surface area (Å²) in [6, 6.07) is 9.70. The zero-order chi connectivity index (χ0) is 19.7. The number of aromatic nitrogens is 2. The van der Waals surface area contributed by atoms with Crippen LogP contribution in [0.4, 0.5) is 0 Å². The second kappa shape index (κ2) is 7.51. The Morgan fingerprint density at radius 3 is 2.86 bits per heavy atom. The van der Waals surface area contributed by atoms with Gasteiger partial charge >= 0.3 is 11.9 Å². The molecule has 1 unspecified atom stereocenters. The van der Waals surface area contributed by atoms with E-state index in [1.165, 1.54) is 11.8 Å². The lowest BCUT2D eigenvalue weighted by atomic mass is 10.1. The summed E-state index contributed by atoms with van der Waals surface area (Å²) in [6.45, 7) is 0.965. The van der Waals surface area contributed by atoms with E-state index in [4.69, 9.17) is 9.84 Å². The van der Waals surface area contributed by atoms with E-state index < -0.39 is 17.2 Å². The molecule has 1 aromatic heterocycles. The number of hydrogen-bond acceptors (Lipinski definition) is 6. The monoisotopic (exact) mass is 399 g/mol. The maximum Gasteiger partial charge on any atom is 0.351 e. The predicted octanol–water partition coefficient (Wildman–Crippen LogP) is 1.98. The molecule has 2 aliphatic heterocycles. The third-order valence-corrected chi connectivity index (χ3v) is 5.86. The van der Waals surface area contributed by atoms with Crippen molar-refractivity contribution < 1.29 is 24.5 Å². The minimum Gasteiger partial charge on any atom is -0.487 e. The highest BCUT2D eigenvalue weighted by Gasteiger charge is 2.27. The van der Waals surface area contributed by atoms with Crippen molar-refractivity contribution in [3.63, 3.8) is 0 Å². The van der Waals surface area contributed by atoms with Crippen LogP contribution in [0.5, 0.6) is 5.75 Å². The molecule has 0 fully saturated rings. The minimum atomic E-state index is -1.14. The van der Waals surface area contributed by atoms with Crippen LogP contribution in [0, 0.1) is 0 Å². The highest BCUT2D eigenvalue weighted by Crippen LogP contribution is 2.29. The number of ether oxygens (including phenoxy) is 1. The van der Waals surface area contributed by atoms with Crippen molar-refractivity contribution in [3.05, 3.63) is 59.1 Å². The van der Waals surface area contributed by atoms with Gasteiger partial charge in [-0.1, -0.05) is 18.2 Å². The summed E-state index contributed by atoms with van der Waals surface area (Å²) in [5, 5.41) is 22.8. The number of para-hydroxylation sites is 1. The first kappa shape index (κ1) is 18.3. The largest absolute Gasteiger partial charge is 0.487 e. The molecule has 2 N–H and O–H groups in total. The molecule has 2 aromatic rings. The van der Waals surface area contributed by atoms with Crippen molar-refractivity contribution in [2.75, 3.05) is 5.75 Å². The van der Waals surface area contributed by atoms with Crippen molar-refractivity contribution >= 4 is 29.4 Å². The van der Waals surface area contributed by atoms with Crippen molar-refractivity contribution in [3.8, 4) is 5.75 Å². The van der Waals surface area contributed by atoms with Gasteiger partial charge in [0.25, 0.3) is 0 Å². The Labute approximate surface area is 164 Å². The van der Waals surface area contributed by atoms with E-state index in [-0.39, 0.29) is 17.0 Å². The molecule has 2 aliphatic rings. The molecule has 1 atom stereocenters. The zero-order valence-electron chi connectivity index (χ0n) is 14.7. The van der Waals surface area contributed by atoms with Crippen LogP contribution in [0.3, 0.4) is 0 Å². The van der Waals surface area contributed by atoms with Crippen molar-refractivity contribution in [1.82, 2.24) is 9.78 Å². The van der Waals surface area contributed by atoms with Gasteiger partial charge in [-0.15, -0.1) is 11.8 Å². The number of rotatable bonds is 4. The Balaban J connectivity index is 1.56. The normalized spacial score (nSPS) is 18.5. The average Bonchev–Trinajstić information content (AvgIpc) is 2.82. The Kier molecular flexibility index (Phi) is 4.91. The molecular formula is C19H17N3O5S. The highest BCUT2D eigenvalue weighted by molar-refractivity contribution is 8.00. The zero-order valence-corrected chi connectivity index (χ0v) is 15.6. The van der Waals surface area contributed by atoms with E-state index in [1.54, 1.807) is 0 Å². The van der Waals surface area contributed by atoms with Crippen LogP contribution < -0.4 is 4.74 Å². The van der Waals surface area contributed by atoms with E-state index >= 15 is 0 Å². The molecule has 0 radical (unpaired) electrons. The lowest BCUT2D eigenvalue weighted by Gasteiger charge is -2.14. The number of aliphatic imine (C=N–C) groups is 1. The van der Waals surface area contributed by atoms with E-state index in [0.717, 1.165) is 28.9 Å². The van der Waals surface area contributed by atoms with Crippen LogP contribution in [0.15, 0.2) is 47.1 Å². The predicted molar refractivity (Wildman–Crippen MR) is 103 cm³/mol. The molecule has 3 heterocycles. The summed E-state index contributed by atoms with van der Waals surface area (Å²) in [4.78, 5) is 26.6. The van der Waals surface area contributed by atoms with Crippen LogP contribution in [0.2, 0.25) is 0 Å². The van der Waals surface area contributed by atoms with Gasteiger partial charge in [-0.25, -0.2) is 9.59 Å². The van der Waals surface area contributed by atoms with Crippen LogP contribution >= 0.6 is 11.8 Å². The van der Waals surface area contributed by atoms with Crippen molar-refractivity contribution in [2.24, 2.45) is 4.99 Å². The Morgan fingerprint density at radius 1 is 1.25 bits per heavy atom. The average molecular weight is 399 g/mol. The smallest absolute Gasteiger partial charge is 0.351 e. The second-order valence-electron chi connectivity index (χ2n) is 6.46. The third-order valence-electron chi connectivity index (χ3n) is 4.60. The SMILES string of the molecule is O=C(O)C1=CN=C(C(=O)O)CSC1Cc1cc2n(n1)Cc1ccccc1OC2. The minimum absolute atomic E-state index is 0.0584. The van der Waals surface area contributed by atoms with Crippen LogP contribution in [0.25, 0.3) is 0 Å². The van der Waals surface area contributed by atoms with Crippen LogP contribution in [-0.2, 0) is 29.2 Å². The Morgan fingerprint density at radius 2 is 2.07 bits per heavy atom. The van der Waals surface area contributed by atoms with Gasteiger partial charge in [-0.05, 0) is 12.1 Å². The Bertz CT molecular complexity index is 1010. The van der Waals surface area contributed by atoms with Crippen molar-refractivity contribution in [1.29, 1.82) is 0 Å². The standard InChI is InChI=1S/C19H17N3O5S/c23-18(24)14-7-20-15(19(25)26)10-28-17(14)6-12-5-13-9-27-16-4-2-1-3-11(16)8-22(13)21-12/h1-5,7,17H,6,8-10H2,(H,23,24)(H,25,26). The molecule has 0 aliphatic carbocycles. The van der Waals surface area contributed by atoms with Gasteiger partial charge in [-0.2, -0.15) is 5.10 Å². The van der Waals surface area contributed by atoms with Crippen molar-refractivity contribution in [2.45, 2.75) is 24.8 Å². The van der Waals surface area contributed by atoms with E-state index in [9.17, 15) is 14.7 Å². The molecule has 0 saturated carbocycles. The van der Waals surface area contributed by atoms with E-state index in [2.05, 4.69) is 10.1 Å². The molecule has 28 heavy (non-hydrogen) atoms. The number of fused-ring (bicyclic) bond motifs is 2. The number of hydrogen-bond donors (Lipinski definition) is 2. The lowest BCUT2D eigenvalue weighted by molar-refractivity contribution is -0.133. The Hall–Kier alpha value is -3.07. The van der Waals surface area contributed by atoms with E-state index in [0.29, 0.717) is 19.6 Å². The molecule has 4 rings (SSSR count). The molecule has 0 bridgehead atoms. The number of aliphatic carboxylic acids is 2. The number of carbonyl (C=O) groups is 2. The van der Waals surface area contributed by atoms with E-state index in [1.807, 2.05) is 35.0 Å². The molecule has 0 amide bonds. The fraction of sp³-hybridized carbons (Fsp3) is 0.263. The first-order valence-electron chi connectivity index (χ1n) is 8.62. The highest BCUT2D eigenvalue weighted by atomic mass is 32.2. The summed E-state index contributed by atoms with van der Waals surface area (Å²) in [5.74, 6) is -1.27. The number of thioether (sulfide) groups is 1. The number of nitrogens with zero attached hydrogens (tertiary/aromatic N) is 3. The molecule has 1 aromatic carbocycles. The lowest BCUT2D eigenvalue weighted by Crippen LogP contribution is -2.20. The third kappa shape index (κ3) is 3.65. The second-order valence-corrected chi connectivity index (χ2v) is 7.65. The topological polar surface area (TPSA) is 114 Å². The molecular weight excluding hydrogens is 382 g/mol. The summed E-state index contributed by atoms with van der Waals surface area (Å²) in [5.41, 5.74) is 2.70. The van der Waals surface area contributed by atoms with Gasteiger partial charge in [0.15, 0.2) is 0 Å². The number of carboxylic acid groups (broad SMARTS) is 2. The van der Waals surface area contributed by atoms with Gasteiger partial charge < -0.3 is 14.9 Å². The molecule has 0 saturated heterocycles. The summed E-state index contributed by atoms with van der Waals surface area (Å²) in [6.07, 6.45) is 1.52. The first-order valence-corrected chi connectivity index (χ1v) is 9.67. The maximum atomic E-state index is 11.6. The quantitative estimate of drug-likeness (QED) is 0.808. The van der Waals surface area contributed by atoms with Gasteiger partial charge in [0.2, 0.25) is 0 Å². The summed E-state index contributed by atoms with van der Waals surface area (Å²) in [7, 11) is 0.